The number of benzene rings is 1. The third-order valence-corrected chi connectivity index (χ3v) is 3.62. The Kier molecular flexibility index (Phi) is 5.36. The fraction of sp³-hybridized carbons (Fsp3) is 0.533. The molecule has 106 valence electrons. The van der Waals surface area contributed by atoms with E-state index >= 15 is 0 Å². The van der Waals surface area contributed by atoms with Crippen LogP contribution in [0.2, 0.25) is 0 Å². The second-order valence-corrected chi connectivity index (χ2v) is 5.12. The molecule has 1 atom stereocenters. The van der Waals surface area contributed by atoms with Crippen LogP contribution >= 0.6 is 0 Å². The maximum absolute atomic E-state index is 10.5. The SMILES string of the molecule is Cc1ccc(N(C)CC(O)CCC(=O)O)c(C)c1C. The predicted octanol–water partition coefficient (Wildman–Crippen LogP) is 2.27. The summed E-state index contributed by atoms with van der Waals surface area (Å²) in [4.78, 5) is 12.5. The van der Waals surface area contributed by atoms with E-state index in [-0.39, 0.29) is 12.8 Å². The number of carbonyl (C=O) groups is 1. The third-order valence-electron chi connectivity index (χ3n) is 3.62. The first-order valence-electron chi connectivity index (χ1n) is 6.50. The van der Waals surface area contributed by atoms with Crippen LogP contribution in [0.25, 0.3) is 0 Å². The number of aliphatic hydroxyl groups excluding tert-OH is 1. The number of hydrogen-bond donors (Lipinski definition) is 2. The molecule has 0 amide bonds. The molecule has 0 radical (unpaired) electrons. The second kappa shape index (κ2) is 6.57. The Hall–Kier alpha value is -1.55. The normalized spacial score (nSPS) is 12.3. The molecule has 0 fully saturated rings. The molecule has 0 aromatic heterocycles. The lowest BCUT2D eigenvalue weighted by Gasteiger charge is -2.25. The number of rotatable bonds is 6. The van der Waals surface area contributed by atoms with Crippen LogP contribution in [-0.4, -0.2) is 35.9 Å². The zero-order valence-corrected chi connectivity index (χ0v) is 12.1. The topological polar surface area (TPSA) is 60.8 Å². The van der Waals surface area contributed by atoms with Crippen molar-refractivity contribution in [2.24, 2.45) is 0 Å². The van der Waals surface area contributed by atoms with E-state index in [1.165, 1.54) is 16.7 Å². The first-order chi connectivity index (χ1) is 8.82. The van der Waals surface area contributed by atoms with E-state index in [4.69, 9.17) is 5.11 Å². The van der Waals surface area contributed by atoms with Gasteiger partial charge in [-0.25, -0.2) is 0 Å². The summed E-state index contributed by atoms with van der Waals surface area (Å²) in [5, 5.41) is 18.4. The predicted molar refractivity (Wildman–Crippen MR) is 76.8 cm³/mol. The molecular weight excluding hydrogens is 242 g/mol. The molecule has 2 N–H and O–H groups in total. The van der Waals surface area contributed by atoms with E-state index in [0.717, 1.165) is 5.69 Å². The van der Waals surface area contributed by atoms with Crippen LogP contribution < -0.4 is 4.90 Å². The number of likely N-dealkylation sites (N-methyl/N-ethyl adjacent to an activating group) is 1. The van der Waals surface area contributed by atoms with Crippen LogP contribution in [0.15, 0.2) is 12.1 Å². The lowest BCUT2D eigenvalue weighted by atomic mass is 10.0. The number of aliphatic carboxylic acids is 1. The highest BCUT2D eigenvalue weighted by atomic mass is 16.4. The number of hydrogen-bond acceptors (Lipinski definition) is 3. The minimum absolute atomic E-state index is 0.000907. The van der Waals surface area contributed by atoms with Crippen LogP contribution in [-0.2, 0) is 4.79 Å². The van der Waals surface area contributed by atoms with Gasteiger partial charge in [0.1, 0.15) is 0 Å². The molecule has 0 aliphatic carbocycles. The largest absolute Gasteiger partial charge is 0.481 e. The molecule has 1 aromatic carbocycles. The fourth-order valence-electron chi connectivity index (χ4n) is 2.15. The average molecular weight is 265 g/mol. The van der Waals surface area contributed by atoms with Gasteiger partial charge < -0.3 is 15.1 Å². The number of nitrogens with zero attached hydrogens (tertiary/aromatic N) is 1. The Bertz CT molecular complexity index is 457. The molecule has 1 unspecified atom stereocenters. The van der Waals surface area contributed by atoms with Crippen LogP contribution in [0.5, 0.6) is 0 Å². The van der Waals surface area contributed by atoms with Crippen LogP contribution in [0.3, 0.4) is 0 Å². The Balaban J connectivity index is 2.70. The average Bonchev–Trinajstić information content (AvgIpc) is 2.33. The molecule has 0 aliphatic heterocycles. The summed E-state index contributed by atoms with van der Waals surface area (Å²) in [5.74, 6) is -0.871. The summed E-state index contributed by atoms with van der Waals surface area (Å²) in [6, 6.07) is 4.11. The minimum atomic E-state index is -0.871. The van der Waals surface area contributed by atoms with Gasteiger partial charge in [0.05, 0.1) is 6.10 Å². The molecule has 0 spiro atoms. The van der Waals surface area contributed by atoms with Gasteiger partial charge in [0.2, 0.25) is 0 Å². The molecule has 1 rings (SSSR count). The van der Waals surface area contributed by atoms with Crippen molar-refractivity contribution in [1.29, 1.82) is 0 Å². The Morgan fingerprint density at radius 1 is 1.26 bits per heavy atom. The Morgan fingerprint density at radius 3 is 2.47 bits per heavy atom. The minimum Gasteiger partial charge on any atom is -0.481 e. The maximum atomic E-state index is 10.5. The van der Waals surface area contributed by atoms with Crippen molar-refractivity contribution in [2.75, 3.05) is 18.5 Å². The monoisotopic (exact) mass is 265 g/mol. The molecule has 0 bridgehead atoms. The number of carboxylic acid groups (broad SMARTS) is 1. The third kappa shape index (κ3) is 4.24. The summed E-state index contributed by atoms with van der Waals surface area (Å²) in [5.41, 5.74) is 4.79. The van der Waals surface area contributed by atoms with Gasteiger partial charge in [0, 0.05) is 25.7 Å². The van der Waals surface area contributed by atoms with Gasteiger partial charge in [-0.05, 0) is 49.9 Å². The van der Waals surface area contributed by atoms with Crippen LogP contribution in [0.1, 0.15) is 29.5 Å². The summed E-state index contributed by atoms with van der Waals surface area (Å²) in [6.07, 6.45) is -0.341. The molecule has 4 nitrogen and oxygen atoms in total. The van der Waals surface area contributed by atoms with Crippen molar-refractivity contribution in [3.63, 3.8) is 0 Å². The van der Waals surface area contributed by atoms with E-state index in [1.54, 1.807) is 0 Å². The molecular formula is C15H23NO3. The second-order valence-electron chi connectivity index (χ2n) is 5.12. The summed E-state index contributed by atoms with van der Waals surface area (Å²) >= 11 is 0. The molecule has 0 aliphatic rings. The van der Waals surface area contributed by atoms with Crippen molar-refractivity contribution in [3.8, 4) is 0 Å². The van der Waals surface area contributed by atoms with Crippen molar-refractivity contribution in [2.45, 2.75) is 39.7 Å². The van der Waals surface area contributed by atoms with Crippen molar-refractivity contribution in [1.82, 2.24) is 0 Å². The zero-order valence-electron chi connectivity index (χ0n) is 12.1. The Morgan fingerprint density at radius 2 is 1.89 bits per heavy atom. The maximum Gasteiger partial charge on any atom is 0.303 e. The van der Waals surface area contributed by atoms with Gasteiger partial charge in [-0.3, -0.25) is 4.79 Å². The van der Waals surface area contributed by atoms with Gasteiger partial charge >= 0.3 is 5.97 Å². The van der Waals surface area contributed by atoms with Crippen molar-refractivity contribution >= 4 is 11.7 Å². The molecule has 0 saturated heterocycles. The summed E-state index contributed by atoms with van der Waals surface area (Å²) in [6.45, 7) is 6.67. The van der Waals surface area contributed by atoms with Gasteiger partial charge in [-0.2, -0.15) is 0 Å². The quantitative estimate of drug-likeness (QED) is 0.828. The van der Waals surface area contributed by atoms with Crippen molar-refractivity contribution in [3.05, 3.63) is 28.8 Å². The lowest BCUT2D eigenvalue weighted by Crippen LogP contribution is -2.30. The number of aliphatic hydroxyl groups is 1. The lowest BCUT2D eigenvalue weighted by molar-refractivity contribution is -0.137. The van der Waals surface area contributed by atoms with E-state index in [1.807, 2.05) is 18.0 Å². The highest BCUT2D eigenvalue weighted by Crippen LogP contribution is 2.24. The number of anilines is 1. The van der Waals surface area contributed by atoms with Crippen LogP contribution in [0, 0.1) is 20.8 Å². The highest BCUT2D eigenvalue weighted by molar-refractivity contribution is 5.66. The van der Waals surface area contributed by atoms with Gasteiger partial charge in [-0.1, -0.05) is 6.07 Å². The van der Waals surface area contributed by atoms with Gasteiger partial charge in [0.15, 0.2) is 0 Å². The summed E-state index contributed by atoms with van der Waals surface area (Å²) < 4.78 is 0. The fourth-order valence-corrected chi connectivity index (χ4v) is 2.15. The van der Waals surface area contributed by atoms with E-state index in [9.17, 15) is 9.90 Å². The smallest absolute Gasteiger partial charge is 0.303 e. The highest BCUT2D eigenvalue weighted by Gasteiger charge is 2.13. The van der Waals surface area contributed by atoms with E-state index < -0.39 is 12.1 Å². The van der Waals surface area contributed by atoms with Gasteiger partial charge in [-0.15, -0.1) is 0 Å². The van der Waals surface area contributed by atoms with Gasteiger partial charge in [0.25, 0.3) is 0 Å². The standard InChI is InChI=1S/C15H23NO3/c1-10-5-7-14(12(3)11(10)2)16(4)9-13(17)6-8-15(18)19/h5,7,13,17H,6,8-9H2,1-4H3,(H,18,19). The van der Waals surface area contributed by atoms with E-state index in [2.05, 4.69) is 26.8 Å². The first-order valence-corrected chi connectivity index (χ1v) is 6.50. The molecule has 0 heterocycles. The Labute approximate surface area is 114 Å². The number of carboxylic acids is 1. The zero-order chi connectivity index (χ0) is 14.6. The summed E-state index contributed by atoms with van der Waals surface area (Å²) in [7, 11) is 1.92. The molecule has 1 aromatic rings. The van der Waals surface area contributed by atoms with Crippen molar-refractivity contribution < 1.29 is 15.0 Å². The van der Waals surface area contributed by atoms with E-state index in [0.29, 0.717) is 6.54 Å². The molecule has 19 heavy (non-hydrogen) atoms. The molecule has 0 saturated carbocycles. The molecule has 4 heteroatoms. The first kappa shape index (κ1) is 15.5. The number of aryl methyl sites for hydroxylation is 1. The van der Waals surface area contributed by atoms with Crippen LogP contribution in [0.4, 0.5) is 5.69 Å².